The van der Waals surface area contributed by atoms with Gasteiger partial charge in [0.25, 0.3) is 15.9 Å². The molecule has 0 aliphatic carbocycles. The van der Waals surface area contributed by atoms with E-state index in [9.17, 15) is 17.6 Å². The number of hydrogen-bond donors (Lipinski definition) is 3. The molecule has 0 spiro atoms. The molecule has 4 aromatic rings. The number of halogens is 2. The molecule has 12 heteroatoms. The maximum Gasteiger partial charge on any atom is 0.280 e. The van der Waals surface area contributed by atoms with Gasteiger partial charge in [0.2, 0.25) is 5.96 Å². The molecule has 3 N–H and O–H groups in total. The highest BCUT2D eigenvalue weighted by Gasteiger charge is 2.16. The maximum atomic E-state index is 14.4. The Balaban J connectivity index is 1.58. The van der Waals surface area contributed by atoms with Crippen molar-refractivity contribution in [3.05, 3.63) is 113 Å². The number of aryl methyl sites for hydroxylation is 1. The summed E-state index contributed by atoms with van der Waals surface area (Å²) in [5.41, 5.74) is 1.41. The normalized spacial score (nSPS) is 11.6. The van der Waals surface area contributed by atoms with Crippen LogP contribution in [0.2, 0.25) is 5.02 Å². The van der Waals surface area contributed by atoms with Gasteiger partial charge >= 0.3 is 0 Å². The van der Waals surface area contributed by atoms with Gasteiger partial charge in [0, 0.05) is 35.1 Å². The van der Waals surface area contributed by atoms with Crippen LogP contribution in [0.25, 0.3) is 0 Å². The number of carbonyl (C=O) groups is 1. The van der Waals surface area contributed by atoms with Crippen LogP contribution in [0, 0.1) is 12.7 Å². The first-order chi connectivity index (χ1) is 18.2. The summed E-state index contributed by atoms with van der Waals surface area (Å²) in [6.07, 6.45) is 2.68. The Morgan fingerprint density at radius 2 is 1.79 bits per heavy atom. The first-order valence-corrected chi connectivity index (χ1v) is 13.1. The average Bonchev–Trinajstić information content (AvgIpc) is 2.89. The molecule has 0 fully saturated rings. The van der Waals surface area contributed by atoms with Gasteiger partial charge in [-0.15, -0.1) is 0 Å². The van der Waals surface area contributed by atoms with Crippen LogP contribution in [0.4, 0.5) is 16.0 Å². The molecule has 38 heavy (non-hydrogen) atoms. The van der Waals surface area contributed by atoms with E-state index in [1.807, 2.05) is 0 Å². The van der Waals surface area contributed by atoms with E-state index in [0.29, 0.717) is 10.6 Å². The average molecular weight is 553 g/mol. The minimum atomic E-state index is -3.93. The van der Waals surface area contributed by atoms with Crippen LogP contribution in [-0.4, -0.2) is 30.3 Å². The number of nitrogens with zero attached hydrogens (tertiary/aromatic N) is 3. The molecule has 1 amide bonds. The highest BCUT2D eigenvalue weighted by Crippen LogP contribution is 2.16. The Labute approximate surface area is 223 Å². The molecule has 2 aromatic carbocycles. The second-order valence-corrected chi connectivity index (χ2v) is 10.2. The van der Waals surface area contributed by atoms with Crippen molar-refractivity contribution >= 4 is 45.1 Å². The number of carbonyl (C=O) groups excluding carboxylic acids is 1. The molecular formula is C26H22ClFN6O3S. The zero-order valence-corrected chi connectivity index (χ0v) is 21.6. The van der Waals surface area contributed by atoms with Gasteiger partial charge in [-0.1, -0.05) is 29.8 Å². The van der Waals surface area contributed by atoms with Crippen molar-refractivity contribution in [1.29, 1.82) is 0 Å². The maximum absolute atomic E-state index is 14.4. The summed E-state index contributed by atoms with van der Waals surface area (Å²) in [6.45, 7) is 1.79. The number of pyridine rings is 2. The smallest absolute Gasteiger partial charge is 0.280 e. The molecule has 0 saturated carbocycles. The van der Waals surface area contributed by atoms with E-state index in [-0.39, 0.29) is 34.6 Å². The van der Waals surface area contributed by atoms with Crippen LogP contribution in [0.5, 0.6) is 0 Å². The number of nitrogens with one attached hydrogen (secondary N) is 3. The number of guanidine groups is 1. The molecule has 0 saturated heterocycles. The summed E-state index contributed by atoms with van der Waals surface area (Å²) >= 11 is 5.90. The number of aliphatic imine (C=N–C) groups is 1. The molecule has 2 aromatic heterocycles. The molecule has 0 aliphatic heterocycles. The van der Waals surface area contributed by atoms with Gasteiger partial charge in [0.05, 0.1) is 0 Å². The molecule has 0 bridgehead atoms. The van der Waals surface area contributed by atoms with Gasteiger partial charge in [-0.2, -0.15) is 4.99 Å². The lowest BCUT2D eigenvalue weighted by Gasteiger charge is -2.14. The lowest BCUT2D eigenvalue weighted by Crippen LogP contribution is -2.32. The predicted molar refractivity (Wildman–Crippen MR) is 144 cm³/mol. The molecule has 9 nitrogen and oxygen atoms in total. The second-order valence-electron chi connectivity index (χ2n) is 8.05. The summed E-state index contributed by atoms with van der Waals surface area (Å²) in [5, 5.41) is 6.25. The summed E-state index contributed by atoms with van der Waals surface area (Å²) < 4.78 is 42.0. The molecule has 0 unspecified atom stereocenters. The van der Waals surface area contributed by atoms with Crippen LogP contribution in [0.1, 0.15) is 21.5 Å². The van der Waals surface area contributed by atoms with Crippen LogP contribution in [0.15, 0.2) is 95.1 Å². The molecule has 4 rings (SSSR count). The molecule has 2 heterocycles. The zero-order valence-electron chi connectivity index (χ0n) is 20.0. The Bertz CT molecular complexity index is 1580. The largest absolute Gasteiger partial charge is 0.351 e. The van der Waals surface area contributed by atoms with E-state index in [0.717, 1.165) is 5.56 Å². The number of sulfonamides is 1. The number of aromatic nitrogens is 2. The fourth-order valence-electron chi connectivity index (χ4n) is 3.23. The van der Waals surface area contributed by atoms with Gasteiger partial charge in [0.15, 0.2) is 0 Å². The highest BCUT2D eigenvalue weighted by molar-refractivity contribution is 7.92. The molecule has 0 radical (unpaired) electrons. The predicted octanol–water partition coefficient (Wildman–Crippen LogP) is 4.78. The standard InChI is InChI=1S/C26H22ClFN6O3S/c1-17-7-8-19(22(28)14-17)15-30-26(33-25(35)18-9-11-20(27)12-10-18)32-23-5-2-6-24(31-23)34-38(36,37)21-4-3-13-29-16-21/h2-14,16H,15H2,1H3,(H3,30,31,32,33,34,35). The molecular weight excluding hydrogens is 531 g/mol. The third-order valence-electron chi connectivity index (χ3n) is 5.14. The second kappa shape index (κ2) is 11.8. The fraction of sp³-hybridized carbons (Fsp3) is 0.0769. The van der Waals surface area contributed by atoms with Gasteiger partial charge in [-0.25, -0.2) is 17.8 Å². The fourth-order valence-corrected chi connectivity index (χ4v) is 4.32. The van der Waals surface area contributed by atoms with Crippen molar-refractivity contribution < 1.29 is 17.6 Å². The van der Waals surface area contributed by atoms with E-state index in [4.69, 9.17) is 11.6 Å². The Kier molecular flexibility index (Phi) is 8.29. The zero-order chi connectivity index (χ0) is 27.1. The summed E-state index contributed by atoms with van der Waals surface area (Å²) in [5.74, 6) is -0.826. The quantitative estimate of drug-likeness (QED) is 0.222. The van der Waals surface area contributed by atoms with E-state index >= 15 is 0 Å². The van der Waals surface area contributed by atoms with Crippen molar-refractivity contribution in [1.82, 2.24) is 15.3 Å². The Morgan fingerprint density at radius 3 is 2.50 bits per heavy atom. The lowest BCUT2D eigenvalue weighted by molar-refractivity contribution is 0.100. The van der Waals surface area contributed by atoms with Gasteiger partial charge in [-0.05, 0) is 67.1 Å². The van der Waals surface area contributed by atoms with E-state index < -0.39 is 21.7 Å². The molecule has 0 aliphatic rings. The van der Waals surface area contributed by atoms with Crippen LogP contribution < -0.4 is 15.4 Å². The summed E-state index contributed by atoms with van der Waals surface area (Å²) in [6, 6.07) is 18.5. The lowest BCUT2D eigenvalue weighted by atomic mass is 10.1. The molecule has 0 atom stereocenters. The third kappa shape index (κ3) is 7.11. The third-order valence-corrected chi connectivity index (χ3v) is 6.73. The first kappa shape index (κ1) is 26.7. The van der Waals surface area contributed by atoms with Crippen molar-refractivity contribution in [2.45, 2.75) is 18.4 Å². The highest BCUT2D eigenvalue weighted by atomic mass is 35.5. The number of anilines is 2. The van der Waals surface area contributed by atoms with Crippen LogP contribution >= 0.6 is 11.6 Å². The van der Waals surface area contributed by atoms with E-state index in [1.54, 1.807) is 43.3 Å². The summed E-state index contributed by atoms with van der Waals surface area (Å²) in [4.78, 5) is 24.9. The van der Waals surface area contributed by atoms with Gasteiger partial charge in [-0.3, -0.25) is 14.5 Å². The number of hydrogen-bond acceptors (Lipinski definition) is 5. The van der Waals surface area contributed by atoms with Crippen molar-refractivity contribution in [2.75, 3.05) is 10.0 Å². The van der Waals surface area contributed by atoms with Crippen molar-refractivity contribution in [3.63, 3.8) is 0 Å². The van der Waals surface area contributed by atoms with Crippen molar-refractivity contribution in [3.8, 4) is 0 Å². The monoisotopic (exact) mass is 552 g/mol. The van der Waals surface area contributed by atoms with E-state index in [2.05, 4.69) is 30.3 Å². The minimum Gasteiger partial charge on any atom is -0.351 e. The number of amides is 1. The Hall–Kier alpha value is -4.35. The van der Waals surface area contributed by atoms with Crippen molar-refractivity contribution in [2.24, 2.45) is 4.99 Å². The van der Waals surface area contributed by atoms with Gasteiger partial charge in [0.1, 0.15) is 22.3 Å². The first-order valence-electron chi connectivity index (χ1n) is 11.2. The Morgan fingerprint density at radius 1 is 1.03 bits per heavy atom. The van der Waals surface area contributed by atoms with Gasteiger partial charge < -0.3 is 10.6 Å². The van der Waals surface area contributed by atoms with Crippen LogP contribution in [-0.2, 0) is 16.6 Å². The molecule has 194 valence electrons. The number of benzene rings is 2. The topological polar surface area (TPSA) is 125 Å². The minimum absolute atomic E-state index is 0.0131. The van der Waals surface area contributed by atoms with E-state index in [1.165, 1.54) is 48.8 Å². The number of rotatable bonds is 7. The van der Waals surface area contributed by atoms with Crippen LogP contribution in [0.3, 0.4) is 0 Å². The SMILES string of the molecule is Cc1ccc(CN/C(=N/C(=O)c2ccc(Cl)cc2)Nc2cccc(NS(=O)(=O)c3cccnc3)n2)c(F)c1. The summed E-state index contributed by atoms with van der Waals surface area (Å²) in [7, 11) is -3.93.